The minimum absolute atomic E-state index is 0.125. The third-order valence-corrected chi connectivity index (χ3v) is 4.53. The first-order valence-electron chi connectivity index (χ1n) is 7.11. The number of fused-ring (bicyclic) bond motifs is 1. The Morgan fingerprint density at radius 3 is 2.95 bits per heavy atom. The van der Waals surface area contributed by atoms with E-state index in [4.69, 9.17) is 0 Å². The zero-order valence-corrected chi connectivity index (χ0v) is 11.7. The van der Waals surface area contributed by atoms with Gasteiger partial charge in [0.05, 0.1) is 24.5 Å². The Morgan fingerprint density at radius 1 is 1.45 bits per heavy atom. The second-order valence-corrected chi connectivity index (χ2v) is 5.79. The molecule has 2 heterocycles. The predicted molar refractivity (Wildman–Crippen MR) is 73.1 cm³/mol. The van der Waals surface area contributed by atoms with Crippen molar-refractivity contribution in [2.75, 3.05) is 20.2 Å². The van der Waals surface area contributed by atoms with Crippen LogP contribution in [0.15, 0.2) is 18.3 Å². The Labute approximate surface area is 118 Å². The smallest absolute Gasteiger partial charge is 0.339 e. The number of carbonyl (C=O) groups is 1. The number of esters is 1. The zero-order chi connectivity index (χ0) is 14.1. The number of likely N-dealkylation sites (tertiary alicyclic amines) is 1. The van der Waals surface area contributed by atoms with Gasteiger partial charge in [-0.2, -0.15) is 0 Å². The van der Waals surface area contributed by atoms with Crippen molar-refractivity contribution in [3.63, 3.8) is 0 Å². The lowest BCUT2D eigenvalue weighted by Crippen LogP contribution is -2.24. The quantitative estimate of drug-likeness (QED) is 0.837. The summed E-state index contributed by atoms with van der Waals surface area (Å²) in [6.45, 7) is 2.77. The SMILES string of the molecule is COC(=O)c1ccc(CN2CC3CCC(O)C3C2)nc1. The molecule has 3 atom stereocenters. The number of hydrogen-bond acceptors (Lipinski definition) is 5. The number of hydrogen-bond donors (Lipinski definition) is 1. The molecule has 5 nitrogen and oxygen atoms in total. The molecule has 0 bridgehead atoms. The molecule has 20 heavy (non-hydrogen) atoms. The maximum absolute atomic E-state index is 11.3. The molecule has 1 aliphatic carbocycles. The molecule has 1 saturated heterocycles. The van der Waals surface area contributed by atoms with Crippen LogP contribution in [-0.4, -0.2) is 47.3 Å². The molecule has 1 aromatic heterocycles. The van der Waals surface area contributed by atoms with Crippen molar-refractivity contribution in [3.8, 4) is 0 Å². The van der Waals surface area contributed by atoms with E-state index < -0.39 is 0 Å². The lowest BCUT2D eigenvalue weighted by molar-refractivity contribution is 0.0600. The van der Waals surface area contributed by atoms with Gasteiger partial charge in [-0.25, -0.2) is 4.79 Å². The molecule has 108 valence electrons. The van der Waals surface area contributed by atoms with Crippen LogP contribution in [0.2, 0.25) is 0 Å². The van der Waals surface area contributed by atoms with Crippen molar-refractivity contribution in [2.45, 2.75) is 25.5 Å². The molecule has 1 aliphatic heterocycles. The number of pyridine rings is 1. The van der Waals surface area contributed by atoms with Gasteiger partial charge in [0, 0.05) is 31.7 Å². The average molecular weight is 276 g/mol. The van der Waals surface area contributed by atoms with Crippen molar-refractivity contribution in [2.24, 2.45) is 11.8 Å². The molecule has 1 saturated carbocycles. The Kier molecular flexibility index (Phi) is 3.72. The Hall–Kier alpha value is -1.46. The first kappa shape index (κ1) is 13.5. The molecule has 0 amide bonds. The predicted octanol–water partition coefficient (Wildman–Crippen LogP) is 1.07. The van der Waals surface area contributed by atoms with Gasteiger partial charge in [-0.15, -0.1) is 0 Å². The molecule has 2 aliphatic rings. The standard InChI is InChI=1S/C15H20N2O3/c1-20-15(19)10-2-4-12(16-6-10)8-17-7-11-3-5-14(18)13(11)9-17/h2,4,6,11,13-14,18H,3,5,7-9H2,1H3. The van der Waals surface area contributed by atoms with Gasteiger partial charge in [0.1, 0.15) is 0 Å². The summed E-state index contributed by atoms with van der Waals surface area (Å²) in [5.41, 5.74) is 1.43. The minimum atomic E-state index is -0.358. The maximum atomic E-state index is 11.3. The van der Waals surface area contributed by atoms with Crippen molar-refractivity contribution < 1.29 is 14.6 Å². The first-order valence-corrected chi connectivity index (χ1v) is 7.11. The van der Waals surface area contributed by atoms with Crippen LogP contribution in [0.25, 0.3) is 0 Å². The molecule has 0 aromatic carbocycles. The van der Waals surface area contributed by atoms with Gasteiger partial charge in [-0.3, -0.25) is 9.88 Å². The molecule has 3 unspecified atom stereocenters. The summed E-state index contributed by atoms with van der Waals surface area (Å²) in [5.74, 6) is 0.714. The van der Waals surface area contributed by atoms with E-state index in [-0.39, 0.29) is 12.1 Å². The van der Waals surface area contributed by atoms with Crippen LogP contribution in [0.4, 0.5) is 0 Å². The van der Waals surface area contributed by atoms with E-state index in [0.717, 1.165) is 38.2 Å². The Morgan fingerprint density at radius 2 is 2.30 bits per heavy atom. The fraction of sp³-hybridized carbons (Fsp3) is 0.600. The lowest BCUT2D eigenvalue weighted by Gasteiger charge is -2.17. The summed E-state index contributed by atoms with van der Waals surface area (Å²) in [6, 6.07) is 3.62. The lowest BCUT2D eigenvalue weighted by atomic mass is 10.00. The highest BCUT2D eigenvalue weighted by molar-refractivity contribution is 5.88. The van der Waals surface area contributed by atoms with Crippen molar-refractivity contribution in [1.29, 1.82) is 0 Å². The average Bonchev–Trinajstić information content (AvgIpc) is 3.01. The van der Waals surface area contributed by atoms with E-state index >= 15 is 0 Å². The van der Waals surface area contributed by atoms with Gasteiger partial charge in [0.2, 0.25) is 0 Å². The monoisotopic (exact) mass is 276 g/mol. The van der Waals surface area contributed by atoms with Gasteiger partial charge in [-0.05, 0) is 30.9 Å². The minimum Gasteiger partial charge on any atom is -0.465 e. The largest absolute Gasteiger partial charge is 0.465 e. The molecule has 5 heteroatoms. The summed E-state index contributed by atoms with van der Waals surface area (Å²) < 4.78 is 4.65. The number of ether oxygens (including phenoxy) is 1. The summed E-state index contributed by atoms with van der Waals surface area (Å²) in [6.07, 6.45) is 3.53. The van der Waals surface area contributed by atoms with Crippen LogP contribution in [-0.2, 0) is 11.3 Å². The van der Waals surface area contributed by atoms with E-state index in [9.17, 15) is 9.90 Å². The van der Waals surface area contributed by atoms with E-state index in [1.54, 1.807) is 12.3 Å². The number of nitrogens with zero attached hydrogens (tertiary/aromatic N) is 2. The van der Waals surface area contributed by atoms with Gasteiger partial charge in [0.15, 0.2) is 0 Å². The first-order chi connectivity index (χ1) is 9.67. The van der Waals surface area contributed by atoms with E-state index in [1.165, 1.54) is 7.11 Å². The summed E-state index contributed by atoms with van der Waals surface area (Å²) in [5, 5.41) is 9.91. The number of aliphatic hydroxyl groups excluding tert-OH is 1. The number of rotatable bonds is 3. The fourth-order valence-corrected chi connectivity index (χ4v) is 3.44. The van der Waals surface area contributed by atoms with Gasteiger partial charge < -0.3 is 9.84 Å². The highest BCUT2D eigenvalue weighted by Crippen LogP contribution is 2.38. The van der Waals surface area contributed by atoms with Crippen molar-refractivity contribution >= 4 is 5.97 Å². The Balaban J connectivity index is 1.60. The second-order valence-electron chi connectivity index (χ2n) is 5.79. The fourth-order valence-electron chi connectivity index (χ4n) is 3.44. The summed E-state index contributed by atoms with van der Waals surface area (Å²) in [7, 11) is 1.37. The third kappa shape index (κ3) is 2.55. The molecule has 1 aromatic rings. The molecule has 1 N–H and O–H groups in total. The van der Waals surface area contributed by atoms with Crippen LogP contribution >= 0.6 is 0 Å². The van der Waals surface area contributed by atoms with Gasteiger partial charge in [-0.1, -0.05) is 0 Å². The normalized spacial score (nSPS) is 29.4. The highest BCUT2D eigenvalue weighted by Gasteiger charge is 2.41. The van der Waals surface area contributed by atoms with E-state index in [1.807, 2.05) is 6.07 Å². The molecule has 3 rings (SSSR count). The van der Waals surface area contributed by atoms with E-state index in [0.29, 0.717) is 17.4 Å². The van der Waals surface area contributed by atoms with Crippen molar-refractivity contribution in [3.05, 3.63) is 29.6 Å². The van der Waals surface area contributed by atoms with Crippen LogP contribution in [0.3, 0.4) is 0 Å². The Bertz CT molecular complexity index is 488. The van der Waals surface area contributed by atoms with Gasteiger partial charge >= 0.3 is 5.97 Å². The molecule has 2 fully saturated rings. The van der Waals surface area contributed by atoms with Gasteiger partial charge in [0.25, 0.3) is 0 Å². The molecular formula is C15H20N2O3. The van der Waals surface area contributed by atoms with E-state index in [2.05, 4.69) is 14.6 Å². The second kappa shape index (κ2) is 5.50. The van der Waals surface area contributed by atoms with Crippen molar-refractivity contribution in [1.82, 2.24) is 9.88 Å². The number of aliphatic hydroxyl groups is 1. The van der Waals surface area contributed by atoms with Crippen LogP contribution in [0.5, 0.6) is 0 Å². The van der Waals surface area contributed by atoms with Crippen LogP contribution in [0.1, 0.15) is 28.9 Å². The topological polar surface area (TPSA) is 62.7 Å². The maximum Gasteiger partial charge on any atom is 0.339 e. The summed E-state index contributed by atoms with van der Waals surface area (Å²) in [4.78, 5) is 18.0. The number of methoxy groups -OCH3 is 1. The van der Waals surface area contributed by atoms with Crippen LogP contribution < -0.4 is 0 Å². The third-order valence-electron chi connectivity index (χ3n) is 4.53. The highest BCUT2D eigenvalue weighted by atomic mass is 16.5. The number of aromatic nitrogens is 1. The molecule has 0 radical (unpaired) electrons. The van der Waals surface area contributed by atoms with Crippen LogP contribution in [0, 0.1) is 11.8 Å². The molecule has 0 spiro atoms. The zero-order valence-electron chi connectivity index (χ0n) is 11.7. The molecular weight excluding hydrogens is 256 g/mol. The summed E-state index contributed by atoms with van der Waals surface area (Å²) >= 11 is 0. The number of carbonyl (C=O) groups excluding carboxylic acids is 1.